The molecule has 0 fully saturated rings. The minimum atomic E-state index is -2.55. The first kappa shape index (κ1) is 15.2. The topological polar surface area (TPSA) is 20.3 Å². The van der Waals surface area contributed by atoms with E-state index < -0.39 is 18.9 Å². The molecule has 0 saturated heterocycles. The molecule has 0 radical (unpaired) electrons. The summed E-state index contributed by atoms with van der Waals surface area (Å²) in [5.74, 6) is -0.273. The quantitative estimate of drug-likeness (QED) is 0.592. The van der Waals surface area contributed by atoms with Crippen molar-refractivity contribution < 1.29 is 13.6 Å². The second kappa shape index (κ2) is 7.59. The van der Waals surface area contributed by atoms with E-state index >= 15 is 0 Å². The maximum absolute atomic E-state index is 12.4. The van der Waals surface area contributed by atoms with Gasteiger partial charge in [0.15, 0.2) is 0 Å². The first-order chi connectivity index (χ1) is 8.58. The summed E-state index contributed by atoms with van der Waals surface area (Å²) in [5, 5.41) is 0. The maximum Gasteiger partial charge on any atom is 0.255 e. The number of nitrogens with zero attached hydrogens (tertiary/aromatic N) is 1. The average molecular weight is 294 g/mol. The van der Waals surface area contributed by atoms with Crippen LogP contribution >= 0.6 is 23.4 Å². The fourth-order valence-electron chi connectivity index (χ4n) is 1.46. The van der Waals surface area contributed by atoms with Gasteiger partial charge in [0.1, 0.15) is 0 Å². The number of amides is 1. The minimum Gasteiger partial charge on any atom is -0.332 e. The Morgan fingerprint density at radius 3 is 2.44 bits per heavy atom. The molecule has 1 aromatic carbocycles. The predicted molar refractivity (Wildman–Crippen MR) is 70.9 cm³/mol. The van der Waals surface area contributed by atoms with Crippen LogP contribution in [0.2, 0.25) is 0 Å². The van der Waals surface area contributed by atoms with Gasteiger partial charge in [-0.2, -0.15) is 0 Å². The Hall–Kier alpha value is -0.810. The molecule has 18 heavy (non-hydrogen) atoms. The molecule has 100 valence electrons. The van der Waals surface area contributed by atoms with Crippen LogP contribution in [0.4, 0.5) is 8.78 Å². The van der Waals surface area contributed by atoms with Crippen LogP contribution in [0.1, 0.15) is 10.4 Å². The Balaban J connectivity index is 2.80. The number of carbonyl (C=O) groups is 1. The largest absolute Gasteiger partial charge is 0.332 e. The third kappa shape index (κ3) is 4.46. The van der Waals surface area contributed by atoms with E-state index in [0.29, 0.717) is 5.56 Å². The van der Waals surface area contributed by atoms with E-state index in [0.717, 1.165) is 9.80 Å². The summed E-state index contributed by atoms with van der Waals surface area (Å²) in [6.07, 6.45) is -0.629. The van der Waals surface area contributed by atoms with Gasteiger partial charge in [-0.25, -0.2) is 8.78 Å². The van der Waals surface area contributed by atoms with Crippen LogP contribution in [-0.4, -0.2) is 42.5 Å². The van der Waals surface area contributed by atoms with Crippen molar-refractivity contribution in [3.8, 4) is 0 Å². The SMILES string of the molecule is CSc1ccc(C(=O)N(CCCl)CC(F)F)cc1. The molecule has 0 unspecified atom stereocenters. The smallest absolute Gasteiger partial charge is 0.255 e. The molecule has 1 rings (SSSR count). The Bertz CT molecular complexity index is 386. The van der Waals surface area contributed by atoms with E-state index in [1.165, 1.54) is 0 Å². The molecule has 0 atom stereocenters. The summed E-state index contributed by atoms with van der Waals surface area (Å²) in [4.78, 5) is 14.1. The van der Waals surface area contributed by atoms with Crippen LogP contribution in [-0.2, 0) is 0 Å². The number of hydrogen-bond acceptors (Lipinski definition) is 2. The summed E-state index contributed by atoms with van der Waals surface area (Å²) in [5.41, 5.74) is 0.401. The molecule has 6 heteroatoms. The number of rotatable bonds is 6. The summed E-state index contributed by atoms with van der Waals surface area (Å²) >= 11 is 7.07. The van der Waals surface area contributed by atoms with E-state index in [2.05, 4.69) is 0 Å². The lowest BCUT2D eigenvalue weighted by Crippen LogP contribution is -2.36. The molecular weight excluding hydrogens is 280 g/mol. The number of thioether (sulfide) groups is 1. The Labute approximate surface area is 114 Å². The predicted octanol–water partition coefficient (Wildman–Crippen LogP) is 3.35. The second-order valence-corrected chi connectivity index (χ2v) is 4.82. The van der Waals surface area contributed by atoms with Crippen molar-refractivity contribution in [2.24, 2.45) is 0 Å². The maximum atomic E-state index is 12.4. The molecule has 0 heterocycles. The van der Waals surface area contributed by atoms with Crippen molar-refractivity contribution in [3.05, 3.63) is 29.8 Å². The van der Waals surface area contributed by atoms with Crippen LogP contribution in [0, 0.1) is 0 Å². The third-order valence-electron chi connectivity index (χ3n) is 2.34. The van der Waals surface area contributed by atoms with Crippen LogP contribution in [0.5, 0.6) is 0 Å². The van der Waals surface area contributed by atoms with Crippen LogP contribution in [0.25, 0.3) is 0 Å². The molecule has 1 amide bonds. The van der Waals surface area contributed by atoms with Crippen molar-refractivity contribution in [1.82, 2.24) is 4.90 Å². The van der Waals surface area contributed by atoms with Gasteiger partial charge in [0.05, 0.1) is 6.54 Å². The minimum absolute atomic E-state index is 0.120. The molecule has 0 bridgehead atoms. The first-order valence-electron chi connectivity index (χ1n) is 5.36. The van der Waals surface area contributed by atoms with Gasteiger partial charge in [0.25, 0.3) is 12.3 Å². The van der Waals surface area contributed by atoms with Crippen molar-refractivity contribution in [3.63, 3.8) is 0 Å². The number of carbonyl (C=O) groups excluding carboxylic acids is 1. The fraction of sp³-hybridized carbons (Fsp3) is 0.417. The number of benzene rings is 1. The molecule has 0 aromatic heterocycles. The third-order valence-corrected chi connectivity index (χ3v) is 3.25. The highest BCUT2D eigenvalue weighted by Crippen LogP contribution is 2.16. The van der Waals surface area contributed by atoms with Crippen LogP contribution < -0.4 is 0 Å². The lowest BCUT2D eigenvalue weighted by molar-refractivity contribution is 0.0571. The van der Waals surface area contributed by atoms with Gasteiger partial charge >= 0.3 is 0 Å². The van der Waals surface area contributed by atoms with Crippen LogP contribution in [0.15, 0.2) is 29.2 Å². The van der Waals surface area contributed by atoms with Gasteiger partial charge < -0.3 is 4.90 Å². The van der Waals surface area contributed by atoms with Crippen molar-refractivity contribution in [1.29, 1.82) is 0 Å². The summed E-state index contributed by atoms with van der Waals surface area (Å²) in [6, 6.07) is 6.86. The first-order valence-corrected chi connectivity index (χ1v) is 7.12. The normalized spacial score (nSPS) is 10.7. The van der Waals surface area contributed by atoms with E-state index in [9.17, 15) is 13.6 Å². The van der Waals surface area contributed by atoms with Crippen molar-refractivity contribution in [2.75, 3.05) is 25.2 Å². The van der Waals surface area contributed by atoms with E-state index in [4.69, 9.17) is 11.6 Å². The zero-order valence-corrected chi connectivity index (χ0v) is 11.5. The lowest BCUT2D eigenvalue weighted by Gasteiger charge is -2.21. The molecule has 0 N–H and O–H groups in total. The number of halogens is 3. The highest BCUT2D eigenvalue weighted by molar-refractivity contribution is 7.98. The van der Waals surface area contributed by atoms with E-state index in [1.54, 1.807) is 36.0 Å². The molecule has 1 aromatic rings. The summed E-state index contributed by atoms with van der Waals surface area (Å²) in [7, 11) is 0. The van der Waals surface area contributed by atoms with E-state index in [-0.39, 0.29) is 12.4 Å². The molecule has 0 aliphatic heterocycles. The molecule has 2 nitrogen and oxygen atoms in total. The van der Waals surface area contributed by atoms with E-state index in [1.807, 2.05) is 6.26 Å². The standard InChI is InChI=1S/C12H14ClF2NOS/c1-18-10-4-2-9(3-5-10)12(17)16(7-6-13)8-11(14)15/h2-5,11H,6-8H2,1H3. The highest BCUT2D eigenvalue weighted by Gasteiger charge is 2.19. The monoisotopic (exact) mass is 293 g/mol. The average Bonchev–Trinajstić information content (AvgIpc) is 2.37. The fourth-order valence-corrected chi connectivity index (χ4v) is 2.07. The number of hydrogen-bond donors (Lipinski definition) is 0. The highest BCUT2D eigenvalue weighted by atomic mass is 35.5. The zero-order chi connectivity index (χ0) is 13.5. The molecular formula is C12H14ClF2NOS. The Kier molecular flexibility index (Phi) is 6.43. The van der Waals surface area contributed by atoms with Gasteiger partial charge in [0, 0.05) is 22.9 Å². The van der Waals surface area contributed by atoms with Crippen molar-refractivity contribution in [2.45, 2.75) is 11.3 Å². The Morgan fingerprint density at radius 2 is 2.00 bits per heavy atom. The summed E-state index contributed by atoms with van der Waals surface area (Å²) < 4.78 is 24.7. The van der Waals surface area contributed by atoms with Gasteiger partial charge in [-0.15, -0.1) is 23.4 Å². The molecule has 0 saturated carbocycles. The number of alkyl halides is 3. The molecule has 0 spiro atoms. The zero-order valence-electron chi connectivity index (χ0n) is 9.91. The molecule has 0 aliphatic rings. The van der Waals surface area contributed by atoms with Gasteiger partial charge in [-0.1, -0.05) is 0 Å². The van der Waals surface area contributed by atoms with Crippen LogP contribution in [0.3, 0.4) is 0 Å². The lowest BCUT2D eigenvalue weighted by atomic mass is 10.2. The van der Waals surface area contributed by atoms with Crippen molar-refractivity contribution >= 4 is 29.3 Å². The Morgan fingerprint density at radius 1 is 1.39 bits per heavy atom. The molecule has 0 aliphatic carbocycles. The van der Waals surface area contributed by atoms with Gasteiger partial charge in [-0.3, -0.25) is 4.79 Å². The van der Waals surface area contributed by atoms with Gasteiger partial charge in [-0.05, 0) is 30.5 Å². The summed E-state index contributed by atoms with van der Waals surface area (Å²) in [6.45, 7) is -0.467. The van der Waals surface area contributed by atoms with Gasteiger partial charge in [0.2, 0.25) is 0 Å². The second-order valence-electron chi connectivity index (χ2n) is 3.56.